The lowest BCUT2D eigenvalue weighted by Gasteiger charge is -2.30. The van der Waals surface area contributed by atoms with Crippen molar-refractivity contribution < 1.29 is 46.2 Å². The molecule has 11 nitrogen and oxygen atoms in total. The van der Waals surface area contributed by atoms with Gasteiger partial charge in [-0.15, -0.1) is 0 Å². The summed E-state index contributed by atoms with van der Waals surface area (Å²) in [5.41, 5.74) is 2.03. The van der Waals surface area contributed by atoms with Crippen LogP contribution in [0.4, 0.5) is 4.79 Å². The van der Waals surface area contributed by atoms with Gasteiger partial charge in [0.25, 0.3) is 5.91 Å². The van der Waals surface area contributed by atoms with Crippen molar-refractivity contribution in [3.63, 3.8) is 0 Å². The maximum Gasteiger partial charge on any atom is 0.511 e. The lowest BCUT2D eigenvalue weighted by atomic mass is 9.89. The average Bonchev–Trinajstić information content (AvgIpc) is 3.50. The number of benzene rings is 3. The summed E-state index contributed by atoms with van der Waals surface area (Å²) >= 11 is 13.5. The van der Waals surface area contributed by atoms with E-state index in [-0.39, 0.29) is 39.4 Å². The number of Topliss-reactive ketones (excluding diaryl/α,β-unsaturated/α-hetero) is 1. The Bertz CT molecular complexity index is 2120. The van der Waals surface area contributed by atoms with Crippen LogP contribution in [-0.2, 0) is 48.2 Å². The highest BCUT2D eigenvalue weighted by molar-refractivity contribution is 7.90. The van der Waals surface area contributed by atoms with E-state index in [1.807, 2.05) is 12.1 Å². The van der Waals surface area contributed by atoms with Crippen molar-refractivity contribution in [2.24, 2.45) is 5.92 Å². The van der Waals surface area contributed by atoms with E-state index in [4.69, 9.17) is 41.8 Å². The molecule has 14 heteroatoms. The number of fused-ring (bicyclic) bond motifs is 2. The number of esters is 1. The van der Waals surface area contributed by atoms with Gasteiger partial charge in [0, 0.05) is 43.6 Å². The molecule has 0 saturated carbocycles. The first-order chi connectivity index (χ1) is 23.9. The van der Waals surface area contributed by atoms with E-state index < -0.39 is 52.0 Å². The minimum atomic E-state index is -3.56. The Morgan fingerprint density at radius 3 is 2.45 bits per heavy atom. The molecule has 2 atom stereocenters. The van der Waals surface area contributed by atoms with Gasteiger partial charge in [0.15, 0.2) is 15.6 Å². The number of carbonyl (C=O) groups is 4. The van der Waals surface area contributed by atoms with Crippen molar-refractivity contribution in [1.29, 1.82) is 0 Å². The van der Waals surface area contributed by atoms with Crippen molar-refractivity contribution in [2.45, 2.75) is 70.3 Å². The molecule has 1 aromatic heterocycles. The van der Waals surface area contributed by atoms with Crippen molar-refractivity contribution in [2.75, 3.05) is 12.8 Å². The molecule has 2 heterocycles. The van der Waals surface area contributed by atoms with Crippen LogP contribution in [0.2, 0.25) is 10.0 Å². The summed E-state index contributed by atoms with van der Waals surface area (Å²) in [5, 5.41) is 1.05. The second-order valence-electron chi connectivity index (χ2n) is 13.4. The Labute approximate surface area is 305 Å². The zero-order valence-corrected chi connectivity index (χ0v) is 31.0. The molecule has 1 amide bonds. The predicted octanol–water partition coefficient (Wildman–Crippen LogP) is 7.61. The summed E-state index contributed by atoms with van der Waals surface area (Å²) in [5.74, 6) is -2.78. The first-order valence-corrected chi connectivity index (χ1v) is 18.7. The van der Waals surface area contributed by atoms with Gasteiger partial charge in [-0.25, -0.2) is 13.2 Å². The minimum Gasteiger partial charge on any atom is -0.464 e. The monoisotopic (exact) mass is 757 g/mol. The molecule has 51 heavy (non-hydrogen) atoms. The summed E-state index contributed by atoms with van der Waals surface area (Å²) in [4.78, 5) is 54.7. The van der Waals surface area contributed by atoms with Crippen LogP contribution in [0.25, 0.3) is 11.0 Å². The molecule has 0 N–H and O–H groups in total. The molecule has 4 aromatic rings. The highest BCUT2D eigenvalue weighted by Gasteiger charge is 2.32. The van der Waals surface area contributed by atoms with E-state index in [0.29, 0.717) is 40.8 Å². The molecule has 0 saturated heterocycles. The van der Waals surface area contributed by atoms with Gasteiger partial charge in [-0.3, -0.25) is 14.4 Å². The van der Waals surface area contributed by atoms with Crippen LogP contribution in [0.3, 0.4) is 0 Å². The van der Waals surface area contributed by atoms with Crippen molar-refractivity contribution >= 4 is 67.8 Å². The molecule has 270 valence electrons. The summed E-state index contributed by atoms with van der Waals surface area (Å²) in [7, 11) is -3.56. The number of rotatable bonds is 10. The van der Waals surface area contributed by atoms with E-state index >= 15 is 0 Å². The molecular weight excluding hydrogens is 721 g/mol. The molecule has 0 radical (unpaired) electrons. The van der Waals surface area contributed by atoms with Crippen LogP contribution in [0.5, 0.6) is 0 Å². The maximum absolute atomic E-state index is 13.9. The van der Waals surface area contributed by atoms with Crippen molar-refractivity contribution in [1.82, 2.24) is 4.90 Å². The van der Waals surface area contributed by atoms with Crippen LogP contribution < -0.4 is 0 Å². The summed E-state index contributed by atoms with van der Waals surface area (Å²) in [6.45, 7) is 6.80. The van der Waals surface area contributed by atoms with Crippen LogP contribution in [0.15, 0.2) is 70.2 Å². The fourth-order valence-electron chi connectivity index (χ4n) is 5.80. The average molecular weight is 759 g/mol. The van der Waals surface area contributed by atoms with E-state index in [1.165, 1.54) is 25.1 Å². The molecule has 0 bridgehead atoms. The second-order valence-corrected chi connectivity index (χ2v) is 16.2. The number of nitrogens with zero attached hydrogens (tertiary/aromatic N) is 1. The summed E-state index contributed by atoms with van der Waals surface area (Å²) in [6.07, 6.45) is 0.0446. The molecule has 1 aliphatic rings. The zero-order valence-electron chi connectivity index (χ0n) is 28.7. The molecular formula is C37H37Cl2NO10S. The van der Waals surface area contributed by atoms with Gasteiger partial charge in [-0.2, -0.15) is 0 Å². The van der Waals surface area contributed by atoms with E-state index in [9.17, 15) is 27.6 Å². The highest BCUT2D eigenvalue weighted by Crippen LogP contribution is 2.37. The number of hydrogen-bond donors (Lipinski definition) is 0. The third-order valence-corrected chi connectivity index (χ3v) is 10.0. The Balaban J connectivity index is 1.36. The smallest absolute Gasteiger partial charge is 0.464 e. The minimum absolute atomic E-state index is 0.0147. The lowest BCUT2D eigenvalue weighted by molar-refractivity contribution is -0.174. The number of sulfone groups is 1. The second kappa shape index (κ2) is 15.1. The van der Waals surface area contributed by atoms with Crippen LogP contribution >= 0.6 is 23.2 Å². The van der Waals surface area contributed by atoms with Crippen LogP contribution in [-0.4, -0.2) is 61.8 Å². The number of ether oxygens (including phenoxy) is 3. The van der Waals surface area contributed by atoms with Gasteiger partial charge in [0.05, 0.1) is 32.7 Å². The van der Waals surface area contributed by atoms with E-state index in [2.05, 4.69) is 0 Å². The highest BCUT2D eigenvalue weighted by atomic mass is 35.5. The predicted molar refractivity (Wildman–Crippen MR) is 190 cm³/mol. The molecule has 3 aromatic carbocycles. The van der Waals surface area contributed by atoms with E-state index in [1.54, 1.807) is 56.2 Å². The Morgan fingerprint density at radius 2 is 1.75 bits per heavy atom. The zero-order chi connectivity index (χ0) is 37.2. The number of carbonyl (C=O) groups excluding carboxylic acids is 4. The van der Waals surface area contributed by atoms with Crippen molar-refractivity contribution in [3.05, 3.63) is 98.7 Å². The molecule has 0 aliphatic carbocycles. The number of ketones is 1. The maximum atomic E-state index is 13.9. The molecule has 0 spiro atoms. The van der Waals surface area contributed by atoms with E-state index in [0.717, 1.165) is 11.6 Å². The summed E-state index contributed by atoms with van der Waals surface area (Å²) in [6, 6.07) is 14.7. The van der Waals surface area contributed by atoms with Crippen LogP contribution in [0.1, 0.15) is 71.5 Å². The SMILES string of the molecule is CC(OC(=O)OC(C)(C)C)OC(=O)[C@@H](CC(=O)c1c(Cl)cc2c(c1Cl)CCN(C(=O)c1ccc3ccoc3c1)C2)Cc1cccc(S(C)(=O)=O)c1. The van der Waals surface area contributed by atoms with Gasteiger partial charge in [0.2, 0.25) is 6.29 Å². The van der Waals surface area contributed by atoms with Gasteiger partial charge in [-0.05, 0) is 86.7 Å². The number of hydrogen-bond acceptors (Lipinski definition) is 10. The third kappa shape index (κ3) is 9.29. The molecule has 0 fully saturated rings. The topological polar surface area (TPSA) is 146 Å². The van der Waals surface area contributed by atoms with Crippen LogP contribution in [0, 0.1) is 5.92 Å². The standard InChI is InChI=1S/C37H37Cl2NO10S/c1-21(49-36(44)50-37(2,3)4)48-35(43)25(15-22-7-6-8-27(16-22)51(5,45)46)18-30(41)32-29(38)17-26-20-40(13-11-28(26)33(32)39)34(42)24-10-9-23-12-14-47-31(23)19-24/h6-10,12,14,16-17,19,21,25H,11,13,15,18,20H2,1-5H3/t21?,25-/m1/s1. The lowest BCUT2D eigenvalue weighted by Crippen LogP contribution is -2.36. The third-order valence-electron chi connectivity index (χ3n) is 8.18. The first-order valence-electron chi connectivity index (χ1n) is 16.1. The summed E-state index contributed by atoms with van der Waals surface area (Å²) < 4.78 is 45.5. The fourth-order valence-corrected chi connectivity index (χ4v) is 7.29. The number of halogens is 2. The quantitative estimate of drug-likeness (QED) is 0.0900. The normalized spacial score (nSPS) is 14.4. The van der Waals surface area contributed by atoms with Crippen molar-refractivity contribution in [3.8, 4) is 0 Å². The number of furan rings is 1. The number of amides is 1. The first kappa shape index (κ1) is 37.9. The van der Waals surface area contributed by atoms with Gasteiger partial charge < -0.3 is 23.5 Å². The molecule has 5 rings (SSSR count). The van der Waals surface area contributed by atoms with Gasteiger partial charge in [0.1, 0.15) is 11.2 Å². The Morgan fingerprint density at radius 1 is 1.00 bits per heavy atom. The Kier molecular flexibility index (Phi) is 11.2. The van der Waals surface area contributed by atoms with Gasteiger partial charge >= 0.3 is 12.1 Å². The van der Waals surface area contributed by atoms with Gasteiger partial charge in [-0.1, -0.05) is 41.4 Å². The Hall–Kier alpha value is -4.39. The largest absolute Gasteiger partial charge is 0.511 e. The molecule has 1 unspecified atom stereocenters. The fraction of sp³-hybridized carbons (Fsp3) is 0.351. The molecule has 1 aliphatic heterocycles.